The first kappa shape index (κ1) is 18.9. The van der Waals surface area contributed by atoms with Crippen molar-refractivity contribution in [2.24, 2.45) is 0 Å². The molecule has 27 heavy (non-hydrogen) atoms. The largest absolute Gasteiger partial charge is 0.336 e. The van der Waals surface area contributed by atoms with Crippen molar-refractivity contribution in [3.05, 3.63) is 47.2 Å². The number of aromatic nitrogens is 3. The summed E-state index contributed by atoms with van der Waals surface area (Å²) in [6, 6.07) is 7.36. The average Bonchev–Trinajstić information content (AvgIpc) is 3.14. The highest BCUT2D eigenvalue weighted by molar-refractivity contribution is 7.14. The van der Waals surface area contributed by atoms with Gasteiger partial charge in [-0.2, -0.15) is 0 Å². The molecule has 0 bridgehead atoms. The molecule has 3 rings (SSSR count). The van der Waals surface area contributed by atoms with E-state index in [0.29, 0.717) is 16.3 Å². The number of hydrogen-bond acceptors (Lipinski definition) is 6. The Morgan fingerprint density at radius 1 is 0.963 bits per heavy atom. The lowest BCUT2D eigenvalue weighted by molar-refractivity contribution is 0.0650. The molecule has 0 atom stereocenters. The number of nitrogens with zero attached hydrogens (tertiary/aromatic N) is 5. The molecule has 140 valence electrons. The fraction of sp³-hybridized carbons (Fsp3) is 0.316. The maximum atomic E-state index is 12.8. The zero-order chi connectivity index (χ0) is 19.8. The lowest BCUT2D eigenvalue weighted by Crippen LogP contribution is -2.42. The van der Waals surface area contributed by atoms with E-state index in [1.54, 1.807) is 24.4 Å². The Balaban J connectivity index is 1.83. The smallest absolute Gasteiger partial charge is 0.280 e. The second-order valence-corrected chi connectivity index (χ2v) is 7.99. The van der Waals surface area contributed by atoms with E-state index in [1.807, 2.05) is 45.0 Å². The zero-order valence-corrected chi connectivity index (χ0v) is 16.7. The summed E-state index contributed by atoms with van der Waals surface area (Å²) >= 11 is 1.24. The lowest BCUT2D eigenvalue weighted by atomic mass is 10.1. The minimum absolute atomic E-state index is 0.184. The Bertz CT molecular complexity index is 1010. The second kappa shape index (κ2) is 7.03. The van der Waals surface area contributed by atoms with E-state index in [9.17, 15) is 9.59 Å². The summed E-state index contributed by atoms with van der Waals surface area (Å²) < 4.78 is 0. The predicted molar refractivity (Wildman–Crippen MR) is 106 cm³/mol. The van der Waals surface area contributed by atoms with Crippen molar-refractivity contribution in [2.45, 2.75) is 26.3 Å². The van der Waals surface area contributed by atoms with Crippen molar-refractivity contribution in [1.82, 2.24) is 19.9 Å². The van der Waals surface area contributed by atoms with Crippen LogP contribution in [0, 0.1) is 0 Å². The number of anilines is 1. The van der Waals surface area contributed by atoms with Gasteiger partial charge in [-0.05, 0) is 32.9 Å². The summed E-state index contributed by atoms with van der Waals surface area (Å²) in [7, 11) is 3.35. The van der Waals surface area contributed by atoms with Crippen molar-refractivity contribution < 1.29 is 9.59 Å². The van der Waals surface area contributed by atoms with Gasteiger partial charge < -0.3 is 4.90 Å². The lowest BCUT2D eigenvalue weighted by Gasteiger charge is -2.31. The van der Waals surface area contributed by atoms with Gasteiger partial charge in [-0.15, -0.1) is 11.3 Å². The number of carbonyl (C=O) groups is 2. The van der Waals surface area contributed by atoms with E-state index < -0.39 is 0 Å². The number of carbonyl (C=O) groups excluding carboxylic acids is 2. The molecule has 2 heterocycles. The zero-order valence-electron chi connectivity index (χ0n) is 15.9. The number of benzene rings is 1. The van der Waals surface area contributed by atoms with Gasteiger partial charge in [0.15, 0.2) is 5.13 Å². The van der Waals surface area contributed by atoms with E-state index in [1.165, 1.54) is 22.4 Å². The molecule has 0 radical (unpaired) electrons. The minimum Gasteiger partial charge on any atom is -0.336 e. The Kier molecular flexibility index (Phi) is 4.93. The first-order chi connectivity index (χ1) is 12.7. The Morgan fingerprint density at radius 3 is 2.30 bits per heavy atom. The summed E-state index contributed by atoms with van der Waals surface area (Å²) in [6.45, 7) is 5.85. The molecule has 0 N–H and O–H groups in total. The maximum Gasteiger partial charge on any atom is 0.280 e. The van der Waals surface area contributed by atoms with Gasteiger partial charge in [0.1, 0.15) is 11.4 Å². The average molecular weight is 383 g/mol. The fourth-order valence-corrected chi connectivity index (χ4v) is 3.07. The number of fused-ring (bicyclic) bond motifs is 1. The third-order valence-electron chi connectivity index (χ3n) is 4.28. The molecule has 0 saturated heterocycles. The SMILES string of the molecule is CN(C(=O)c1cnc2ccccc2n1)c1nc(C(=O)N(C)C(C)(C)C)cs1. The molecular weight excluding hydrogens is 362 g/mol. The van der Waals surface area contributed by atoms with Crippen LogP contribution in [0.4, 0.5) is 5.13 Å². The van der Waals surface area contributed by atoms with Gasteiger partial charge >= 0.3 is 0 Å². The van der Waals surface area contributed by atoms with Gasteiger partial charge in [0.05, 0.1) is 17.2 Å². The molecular formula is C19H21N5O2S. The number of amides is 2. The van der Waals surface area contributed by atoms with Gasteiger partial charge in [-0.1, -0.05) is 12.1 Å². The van der Waals surface area contributed by atoms with Gasteiger partial charge in [-0.3, -0.25) is 19.5 Å². The van der Waals surface area contributed by atoms with Crippen LogP contribution < -0.4 is 4.90 Å². The highest BCUT2D eigenvalue weighted by Gasteiger charge is 2.26. The fourth-order valence-electron chi connectivity index (χ4n) is 2.31. The highest BCUT2D eigenvalue weighted by Crippen LogP contribution is 2.23. The van der Waals surface area contributed by atoms with Gasteiger partial charge in [0, 0.05) is 25.0 Å². The second-order valence-electron chi connectivity index (χ2n) is 7.16. The van der Waals surface area contributed by atoms with E-state index in [2.05, 4.69) is 15.0 Å². The van der Waals surface area contributed by atoms with E-state index >= 15 is 0 Å². The molecule has 1 aromatic carbocycles. The summed E-state index contributed by atoms with van der Waals surface area (Å²) in [4.78, 5) is 41.3. The Labute approximate surface area is 161 Å². The monoisotopic (exact) mass is 383 g/mol. The molecule has 0 aliphatic carbocycles. The third-order valence-corrected chi connectivity index (χ3v) is 5.20. The number of para-hydroxylation sites is 2. The standard InChI is InChI=1S/C19H21N5O2S/c1-19(2,3)24(5)17(26)15-11-27-18(22-15)23(4)16(25)14-10-20-12-8-6-7-9-13(12)21-14/h6-11H,1-5H3. The number of thiazole rings is 1. The minimum atomic E-state index is -0.328. The summed E-state index contributed by atoms with van der Waals surface area (Å²) in [5, 5.41) is 2.09. The molecule has 0 aliphatic rings. The molecule has 7 nitrogen and oxygen atoms in total. The van der Waals surface area contributed by atoms with Gasteiger partial charge in [0.25, 0.3) is 11.8 Å². The van der Waals surface area contributed by atoms with Gasteiger partial charge in [0.2, 0.25) is 0 Å². The van der Waals surface area contributed by atoms with Crippen LogP contribution in [0.5, 0.6) is 0 Å². The van der Waals surface area contributed by atoms with E-state index in [0.717, 1.165) is 5.52 Å². The van der Waals surface area contributed by atoms with Crippen molar-refractivity contribution in [3.8, 4) is 0 Å². The molecule has 8 heteroatoms. The van der Waals surface area contributed by atoms with Crippen LogP contribution in [0.15, 0.2) is 35.8 Å². The number of hydrogen-bond donors (Lipinski definition) is 0. The molecule has 0 fully saturated rings. The summed E-state index contributed by atoms with van der Waals surface area (Å²) in [5.41, 5.74) is 1.61. The van der Waals surface area contributed by atoms with Crippen LogP contribution in [-0.4, -0.2) is 51.3 Å². The summed E-state index contributed by atoms with van der Waals surface area (Å²) in [6.07, 6.45) is 1.45. The van der Waals surface area contributed by atoms with Crippen LogP contribution in [0.3, 0.4) is 0 Å². The van der Waals surface area contributed by atoms with Gasteiger partial charge in [-0.25, -0.2) is 9.97 Å². The van der Waals surface area contributed by atoms with E-state index in [4.69, 9.17) is 0 Å². The molecule has 0 unspecified atom stereocenters. The molecule has 2 aromatic heterocycles. The predicted octanol–water partition coefficient (Wildman–Crippen LogP) is 3.23. The van der Waals surface area contributed by atoms with Crippen LogP contribution in [0.25, 0.3) is 11.0 Å². The molecule has 3 aromatic rings. The van der Waals surface area contributed by atoms with Crippen molar-refractivity contribution in [1.29, 1.82) is 0 Å². The normalized spacial score (nSPS) is 11.4. The summed E-state index contributed by atoms with van der Waals surface area (Å²) in [5.74, 6) is -0.512. The number of rotatable bonds is 3. The van der Waals surface area contributed by atoms with Crippen LogP contribution in [-0.2, 0) is 0 Å². The van der Waals surface area contributed by atoms with Crippen molar-refractivity contribution in [2.75, 3.05) is 19.0 Å². The first-order valence-corrected chi connectivity index (χ1v) is 9.30. The topological polar surface area (TPSA) is 79.3 Å². The molecule has 0 aliphatic heterocycles. The highest BCUT2D eigenvalue weighted by atomic mass is 32.1. The Morgan fingerprint density at radius 2 is 1.63 bits per heavy atom. The third kappa shape index (κ3) is 3.80. The molecule has 2 amide bonds. The maximum absolute atomic E-state index is 12.8. The van der Waals surface area contributed by atoms with Crippen molar-refractivity contribution in [3.63, 3.8) is 0 Å². The van der Waals surface area contributed by atoms with Crippen molar-refractivity contribution >= 4 is 39.3 Å². The quantitative estimate of drug-likeness (QED) is 0.694. The molecule has 0 saturated carbocycles. The van der Waals surface area contributed by atoms with Crippen LogP contribution in [0.2, 0.25) is 0 Å². The van der Waals surface area contributed by atoms with Crippen LogP contribution >= 0.6 is 11.3 Å². The van der Waals surface area contributed by atoms with E-state index in [-0.39, 0.29) is 23.0 Å². The van der Waals surface area contributed by atoms with Crippen LogP contribution in [0.1, 0.15) is 41.7 Å². The first-order valence-electron chi connectivity index (χ1n) is 8.42. The Hall–Kier alpha value is -2.87. The molecule has 0 spiro atoms.